The summed E-state index contributed by atoms with van der Waals surface area (Å²) in [6.07, 6.45) is 0.823. The number of nitrogens with zero attached hydrogens (tertiary/aromatic N) is 1. The van der Waals surface area contributed by atoms with Gasteiger partial charge in [0.25, 0.3) is 5.91 Å². The third kappa shape index (κ3) is 4.05. The highest BCUT2D eigenvalue weighted by atomic mass is 35.5. The van der Waals surface area contributed by atoms with Gasteiger partial charge in [0.15, 0.2) is 11.5 Å². The van der Waals surface area contributed by atoms with Gasteiger partial charge >= 0.3 is 5.97 Å². The first-order chi connectivity index (χ1) is 14.0. The summed E-state index contributed by atoms with van der Waals surface area (Å²) < 4.78 is 16.4. The van der Waals surface area contributed by atoms with Crippen LogP contribution in [0.1, 0.15) is 27.9 Å². The van der Waals surface area contributed by atoms with Crippen LogP contribution in [-0.4, -0.2) is 42.4 Å². The van der Waals surface area contributed by atoms with E-state index in [1.807, 2.05) is 0 Å². The van der Waals surface area contributed by atoms with Crippen molar-refractivity contribution in [3.05, 3.63) is 58.1 Å². The van der Waals surface area contributed by atoms with Crippen LogP contribution in [-0.2, 0) is 27.4 Å². The quantitative estimate of drug-likeness (QED) is 0.564. The highest BCUT2D eigenvalue weighted by Crippen LogP contribution is 2.38. The van der Waals surface area contributed by atoms with E-state index in [1.165, 1.54) is 0 Å². The molecule has 8 heteroatoms. The molecule has 2 aromatic rings. The molecule has 2 aliphatic heterocycles. The second-order valence-corrected chi connectivity index (χ2v) is 7.14. The van der Waals surface area contributed by atoms with Gasteiger partial charge in [0, 0.05) is 12.0 Å². The van der Waals surface area contributed by atoms with E-state index in [4.69, 9.17) is 25.8 Å². The fourth-order valence-corrected chi connectivity index (χ4v) is 3.55. The molecule has 0 bridgehead atoms. The number of hydrogen-bond acceptors (Lipinski definition) is 6. The van der Waals surface area contributed by atoms with Gasteiger partial charge in [0.05, 0.1) is 24.7 Å². The highest BCUT2D eigenvalue weighted by molar-refractivity contribution is 6.32. The molecule has 0 saturated carbocycles. The molecule has 4 rings (SSSR count). The summed E-state index contributed by atoms with van der Waals surface area (Å²) in [4.78, 5) is 38.0. The van der Waals surface area contributed by atoms with Gasteiger partial charge in [0.2, 0.25) is 5.91 Å². The summed E-state index contributed by atoms with van der Waals surface area (Å²) in [5, 5.41) is 0.369. The normalized spacial score (nSPS) is 15.6. The number of benzene rings is 2. The van der Waals surface area contributed by atoms with Crippen LogP contribution in [0.3, 0.4) is 0 Å². The molecule has 0 fully saturated rings. The number of fused-ring (bicyclic) bond motifs is 2. The second kappa shape index (κ2) is 8.13. The molecule has 7 nitrogen and oxygen atoms in total. The lowest BCUT2D eigenvalue weighted by molar-refractivity contribution is -0.149. The average molecular weight is 416 g/mol. The number of carbonyl (C=O) groups excluding carboxylic acids is 3. The molecule has 0 aliphatic carbocycles. The van der Waals surface area contributed by atoms with Crippen LogP contribution in [0.2, 0.25) is 5.02 Å². The van der Waals surface area contributed by atoms with Crippen molar-refractivity contribution in [2.45, 2.75) is 19.4 Å². The van der Waals surface area contributed by atoms with Gasteiger partial charge in [-0.05, 0) is 29.3 Å². The van der Waals surface area contributed by atoms with Crippen LogP contribution >= 0.6 is 11.6 Å². The van der Waals surface area contributed by atoms with Crippen molar-refractivity contribution < 1.29 is 28.6 Å². The van der Waals surface area contributed by atoms with E-state index < -0.39 is 24.3 Å². The van der Waals surface area contributed by atoms with Gasteiger partial charge in [0.1, 0.15) is 13.2 Å². The molecule has 0 radical (unpaired) electrons. The van der Waals surface area contributed by atoms with Gasteiger partial charge in [-0.15, -0.1) is 0 Å². The molecule has 0 atom stereocenters. The lowest BCUT2D eigenvalue weighted by atomic mass is 9.98. The summed E-state index contributed by atoms with van der Waals surface area (Å²) >= 11 is 6.23. The van der Waals surface area contributed by atoms with Gasteiger partial charge in [-0.3, -0.25) is 19.3 Å². The number of halogens is 1. The minimum Gasteiger partial charge on any atom is -0.489 e. The Labute approximate surface area is 172 Å². The molecular formula is C21H18ClNO6. The van der Waals surface area contributed by atoms with Gasteiger partial charge in [-0.25, -0.2) is 0 Å². The third-order valence-electron chi connectivity index (χ3n) is 4.68. The maximum absolute atomic E-state index is 12.5. The topological polar surface area (TPSA) is 82.1 Å². The first-order valence-electron chi connectivity index (χ1n) is 9.19. The Morgan fingerprint density at radius 3 is 2.79 bits per heavy atom. The average Bonchev–Trinajstić information content (AvgIpc) is 2.95. The van der Waals surface area contributed by atoms with Crippen LogP contribution in [0.5, 0.6) is 11.5 Å². The zero-order valence-electron chi connectivity index (χ0n) is 15.5. The summed E-state index contributed by atoms with van der Waals surface area (Å²) in [6, 6.07) is 10.2. The van der Waals surface area contributed by atoms with Crippen molar-refractivity contribution in [3.63, 3.8) is 0 Å². The number of rotatable bonds is 4. The molecule has 2 aliphatic rings. The fourth-order valence-electron chi connectivity index (χ4n) is 3.27. The molecule has 0 saturated heterocycles. The van der Waals surface area contributed by atoms with E-state index in [1.54, 1.807) is 36.4 Å². The lowest BCUT2D eigenvalue weighted by Gasteiger charge is -2.25. The minimum absolute atomic E-state index is 0.0675. The molecule has 0 N–H and O–H groups in total. The predicted molar refractivity (Wildman–Crippen MR) is 103 cm³/mol. The number of hydrogen-bond donors (Lipinski definition) is 0. The number of carbonyl (C=O) groups is 3. The number of esters is 1. The van der Waals surface area contributed by atoms with Crippen LogP contribution in [0.25, 0.3) is 0 Å². The van der Waals surface area contributed by atoms with Crippen molar-refractivity contribution in [1.29, 1.82) is 0 Å². The van der Waals surface area contributed by atoms with Crippen LogP contribution in [0, 0.1) is 0 Å². The van der Waals surface area contributed by atoms with Gasteiger partial charge in [-0.2, -0.15) is 0 Å². The largest absolute Gasteiger partial charge is 0.489 e. The first-order valence-corrected chi connectivity index (χ1v) is 9.57. The summed E-state index contributed by atoms with van der Waals surface area (Å²) in [5.74, 6) is -0.632. The Bertz CT molecular complexity index is 989. The van der Waals surface area contributed by atoms with Crippen molar-refractivity contribution in [3.8, 4) is 11.5 Å². The molecule has 150 valence electrons. The maximum atomic E-state index is 12.5. The smallest absolute Gasteiger partial charge is 0.326 e. The molecule has 0 unspecified atom stereocenters. The van der Waals surface area contributed by atoms with E-state index in [0.717, 1.165) is 11.3 Å². The molecule has 2 heterocycles. The minimum atomic E-state index is -0.686. The van der Waals surface area contributed by atoms with Crippen molar-refractivity contribution in [1.82, 2.24) is 4.90 Å². The first kappa shape index (κ1) is 19.3. The lowest BCUT2D eigenvalue weighted by Crippen LogP contribution is -2.45. The fraction of sp³-hybridized carbons (Fsp3) is 0.286. The summed E-state index contributed by atoms with van der Waals surface area (Å²) in [7, 11) is 0. The van der Waals surface area contributed by atoms with Crippen molar-refractivity contribution >= 4 is 29.4 Å². The van der Waals surface area contributed by atoms with Crippen LogP contribution in [0.15, 0.2) is 36.4 Å². The zero-order chi connectivity index (χ0) is 20.4. The second-order valence-electron chi connectivity index (χ2n) is 6.74. The Morgan fingerprint density at radius 2 is 1.93 bits per heavy atom. The SMILES string of the molecule is O=C(CN1C(=O)Cc2ccccc2C1=O)OCc1cc(Cl)c2c(c1)OCCCO2. The Hall–Kier alpha value is -3.06. The number of imide groups is 1. The van der Waals surface area contributed by atoms with E-state index in [2.05, 4.69) is 0 Å². The van der Waals surface area contributed by atoms with Crippen molar-refractivity contribution in [2.24, 2.45) is 0 Å². The van der Waals surface area contributed by atoms with E-state index in [0.29, 0.717) is 46.4 Å². The van der Waals surface area contributed by atoms with Gasteiger partial charge < -0.3 is 14.2 Å². The predicted octanol–water partition coefficient (Wildman–Crippen LogP) is 2.77. The van der Waals surface area contributed by atoms with Crippen LogP contribution in [0.4, 0.5) is 0 Å². The molecule has 0 aromatic heterocycles. The maximum Gasteiger partial charge on any atom is 0.326 e. The Morgan fingerprint density at radius 1 is 1.14 bits per heavy atom. The highest BCUT2D eigenvalue weighted by Gasteiger charge is 2.32. The molecule has 0 spiro atoms. The van der Waals surface area contributed by atoms with Gasteiger partial charge in [-0.1, -0.05) is 29.8 Å². The molecule has 2 aromatic carbocycles. The van der Waals surface area contributed by atoms with Crippen LogP contribution < -0.4 is 9.47 Å². The molecular weight excluding hydrogens is 398 g/mol. The number of amides is 2. The van der Waals surface area contributed by atoms with E-state index in [9.17, 15) is 14.4 Å². The Balaban J connectivity index is 1.41. The monoisotopic (exact) mass is 415 g/mol. The zero-order valence-corrected chi connectivity index (χ0v) is 16.2. The third-order valence-corrected chi connectivity index (χ3v) is 4.97. The molecule has 2 amide bonds. The summed E-state index contributed by atoms with van der Waals surface area (Å²) in [6.45, 7) is 0.515. The standard InChI is InChI=1S/C21H18ClNO6/c22-16-8-13(9-17-20(16)28-7-3-6-27-17)12-29-19(25)11-23-18(24)10-14-4-1-2-5-15(14)21(23)26/h1-2,4-5,8-9H,3,6-7,10-12H2. The molecule has 29 heavy (non-hydrogen) atoms. The summed E-state index contributed by atoms with van der Waals surface area (Å²) in [5.41, 5.74) is 1.71. The van der Waals surface area contributed by atoms with Crippen molar-refractivity contribution in [2.75, 3.05) is 19.8 Å². The van der Waals surface area contributed by atoms with E-state index in [-0.39, 0.29) is 13.0 Å². The van der Waals surface area contributed by atoms with E-state index >= 15 is 0 Å². The number of ether oxygens (including phenoxy) is 3. The Kier molecular flexibility index (Phi) is 5.40.